The van der Waals surface area contributed by atoms with Crippen molar-refractivity contribution < 1.29 is 52.1 Å². The van der Waals surface area contributed by atoms with Gasteiger partial charge in [0.25, 0.3) is 0 Å². The largest absolute Gasteiger partial charge is 0.382 e. The van der Waals surface area contributed by atoms with Crippen LogP contribution in [0.1, 0.15) is 0 Å². The molecule has 0 amide bonds. The van der Waals surface area contributed by atoms with Crippen LogP contribution >= 0.6 is 0 Å². The van der Waals surface area contributed by atoms with E-state index < -0.39 is 55.1 Å². The van der Waals surface area contributed by atoms with E-state index in [-0.39, 0.29) is 19.8 Å². The molecular formula is C21H42O11. The van der Waals surface area contributed by atoms with Gasteiger partial charge < -0.3 is 52.1 Å². The molecule has 32 heavy (non-hydrogen) atoms. The first-order chi connectivity index (χ1) is 15.5. The summed E-state index contributed by atoms with van der Waals surface area (Å²) < 4.78 is 62.9. The molecule has 1 heterocycles. The molecule has 1 fully saturated rings. The second-order valence-electron chi connectivity index (χ2n) is 7.36. The molecule has 11 heteroatoms. The summed E-state index contributed by atoms with van der Waals surface area (Å²) in [7, 11) is 14.2. The Morgan fingerprint density at radius 3 is 1.53 bits per heavy atom. The Bertz CT molecular complexity index is 469. The maximum Gasteiger partial charge on any atom is 0.187 e. The van der Waals surface area contributed by atoms with Crippen molar-refractivity contribution >= 4 is 0 Å². The lowest BCUT2D eigenvalue weighted by Crippen LogP contribution is -2.63. The molecule has 0 aromatic heterocycles. The molecule has 1 aliphatic rings. The van der Waals surface area contributed by atoms with Gasteiger partial charge in [-0.05, 0) is 0 Å². The van der Waals surface area contributed by atoms with Gasteiger partial charge in [-0.3, -0.25) is 0 Å². The lowest BCUT2D eigenvalue weighted by molar-refractivity contribution is -0.338. The number of hydrogen-bond acceptors (Lipinski definition) is 11. The first-order valence-electron chi connectivity index (χ1n) is 10.5. The Balaban J connectivity index is 3.30. The van der Waals surface area contributed by atoms with Crippen LogP contribution in [0.3, 0.4) is 0 Å². The summed E-state index contributed by atoms with van der Waals surface area (Å²) in [6, 6.07) is 0. The molecule has 2 unspecified atom stereocenters. The van der Waals surface area contributed by atoms with E-state index in [9.17, 15) is 0 Å². The zero-order chi connectivity index (χ0) is 24.1. The minimum atomic E-state index is -0.839. The van der Waals surface area contributed by atoms with E-state index in [2.05, 4.69) is 0 Å². The molecule has 0 aromatic carbocycles. The molecule has 0 aromatic rings. The fourth-order valence-electron chi connectivity index (χ4n) is 4.04. The molecule has 0 bridgehead atoms. The van der Waals surface area contributed by atoms with Gasteiger partial charge in [-0.25, -0.2) is 0 Å². The molecule has 9 atom stereocenters. The van der Waals surface area contributed by atoms with Crippen molar-refractivity contribution in [3.8, 4) is 0 Å². The average molecular weight is 471 g/mol. The topological polar surface area (TPSA) is 102 Å². The van der Waals surface area contributed by atoms with Gasteiger partial charge >= 0.3 is 0 Å². The maximum atomic E-state index is 6.48. The van der Waals surface area contributed by atoms with E-state index in [4.69, 9.17) is 52.1 Å². The fraction of sp³-hybridized carbons (Fsp3) is 1.00. The second-order valence-corrected chi connectivity index (χ2v) is 7.36. The maximum absolute atomic E-state index is 6.48. The monoisotopic (exact) mass is 470 g/mol. The van der Waals surface area contributed by atoms with Crippen molar-refractivity contribution in [2.45, 2.75) is 55.1 Å². The van der Waals surface area contributed by atoms with Crippen molar-refractivity contribution in [3.05, 3.63) is 0 Å². The first-order valence-corrected chi connectivity index (χ1v) is 10.5. The van der Waals surface area contributed by atoms with E-state index in [1.165, 1.54) is 0 Å². The highest BCUT2D eigenvalue weighted by Gasteiger charge is 2.50. The first kappa shape index (κ1) is 29.6. The highest BCUT2D eigenvalue weighted by Crippen LogP contribution is 2.31. The fourth-order valence-corrected chi connectivity index (χ4v) is 4.04. The minimum Gasteiger partial charge on any atom is -0.382 e. The van der Waals surface area contributed by atoms with Gasteiger partial charge in [0.05, 0.1) is 19.8 Å². The van der Waals surface area contributed by atoms with Gasteiger partial charge in [-0.2, -0.15) is 0 Å². The Labute approximate surface area is 191 Å². The molecule has 1 rings (SSSR count). The Morgan fingerprint density at radius 2 is 1.12 bits per heavy atom. The van der Waals surface area contributed by atoms with Gasteiger partial charge in [0, 0.05) is 64.0 Å². The Morgan fingerprint density at radius 1 is 0.594 bits per heavy atom. The van der Waals surface area contributed by atoms with E-state index in [1.54, 1.807) is 64.0 Å². The van der Waals surface area contributed by atoms with Crippen molar-refractivity contribution in [1.82, 2.24) is 0 Å². The highest BCUT2D eigenvalue weighted by atomic mass is 16.7. The van der Waals surface area contributed by atoms with Gasteiger partial charge in [0.1, 0.15) is 48.8 Å². The summed E-state index contributed by atoms with van der Waals surface area (Å²) in [5.74, 6) is 0. The normalized spacial score (nSPS) is 30.1. The van der Waals surface area contributed by atoms with Gasteiger partial charge in [-0.15, -0.1) is 0 Å². The third-order valence-corrected chi connectivity index (χ3v) is 5.63. The zero-order valence-corrected chi connectivity index (χ0v) is 20.8. The van der Waals surface area contributed by atoms with E-state index in [1.807, 2.05) is 0 Å². The van der Waals surface area contributed by atoms with Crippen LogP contribution < -0.4 is 0 Å². The number of hydrogen-bond donors (Lipinski definition) is 0. The predicted octanol–water partition coefficient (Wildman–Crippen LogP) is 0.126. The van der Waals surface area contributed by atoms with Gasteiger partial charge in [-0.1, -0.05) is 0 Å². The molecule has 11 nitrogen and oxygen atoms in total. The van der Waals surface area contributed by atoms with Crippen LogP contribution in [0.25, 0.3) is 0 Å². The van der Waals surface area contributed by atoms with Crippen LogP contribution in [0.5, 0.6) is 0 Å². The minimum absolute atomic E-state index is 0.255. The summed E-state index contributed by atoms with van der Waals surface area (Å²) in [4.78, 5) is 0. The third-order valence-electron chi connectivity index (χ3n) is 5.63. The van der Waals surface area contributed by atoms with Gasteiger partial charge in [0.2, 0.25) is 0 Å². The molecule has 192 valence electrons. The quantitative estimate of drug-likeness (QED) is 0.290. The second kappa shape index (κ2) is 16.2. The van der Waals surface area contributed by atoms with E-state index >= 15 is 0 Å². The SMILES string of the molecule is COCC1O[C@@H](O[C@@H]([C@H](OC)[C@H](COC)OC)[C@@H](COC)OC)C(OC)[C@@H](OC)[C@H]1OC. The third kappa shape index (κ3) is 7.54. The van der Waals surface area contributed by atoms with Crippen LogP contribution in [0.15, 0.2) is 0 Å². The van der Waals surface area contributed by atoms with E-state index in [0.29, 0.717) is 0 Å². The Kier molecular flexibility index (Phi) is 15.0. The van der Waals surface area contributed by atoms with Crippen LogP contribution in [-0.4, -0.2) is 139 Å². The van der Waals surface area contributed by atoms with Crippen LogP contribution in [0.2, 0.25) is 0 Å². The summed E-state index contributed by atoms with van der Waals surface area (Å²) in [6.07, 6.45) is -4.93. The molecule has 1 saturated heterocycles. The average Bonchev–Trinajstić information content (AvgIpc) is 2.81. The summed E-state index contributed by atoms with van der Waals surface area (Å²) >= 11 is 0. The lowest BCUT2D eigenvalue weighted by Gasteiger charge is -2.46. The highest BCUT2D eigenvalue weighted by molar-refractivity contribution is 4.94. The molecule has 1 aliphatic heterocycles. The van der Waals surface area contributed by atoms with Gasteiger partial charge in [0.15, 0.2) is 6.29 Å². The summed E-state index contributed by atoms with van der Waals surface area (Å²) in [6.45, 7) is 0.824. The smallest absolute Gasteiger partial charge is 0.187 e. The Hall–Kier alpha value is -0.440. The molecular weight excluding hydrogens is 428 g/mol. The summed E-state index contributed by atoms with van der Waals surface area (Å²) in [5.41, 5.74) is 0. The van der Waals surface area contributed by atoms with Crippen molar-refractivity contribution in [1.29, 1.82) is 0 Å². The summed E-state index contributed by atoms with van der Waals surface area (Å²) in [5, 5.41) is 0. The number of methoxy groups -OCH3 is 9. The van der Waals surface area contributed by atoms with Crippen molar-refractivity contribution in [3.63, 3.8) is 0 Å². The molecule has 0 N–H and O–H groups in total. The van der Waals surface area contributed by atoms with Crippen LogP contribution in [0, 0.1) is 0 Å². The number of ether oxygens (including phenoxy) is 11. The molecule has 0 radical (unpaired) electrons. The molecule has 0 spiro atoms. The molecule has 0 saturated carbocycles. The van der Waals surface area contributed by atoms with E-state index in [0.717, 1.165) is 0 Å². The van der Waals surface area contributed by atoms with Crippen LogP contribution in [-0.2, 0) is 52.1 Å². The zero-order valence-electron chi connectivity index (χ0n) is 20.8. The van der Waals surface area contributed by atoms with Crippen molar-refractivity contribution in [2.75, 3.05) is 83.8 Å². The van der Waals surface area contributed by atoms with Crippen LogP contribution in [0.4, 0.5) is 0 Å². The predicted molar refractivity (Wildman–Crippen MR) is 114 cm³/mol. The molecule has 0 aliphatic carbocycles. The van der Waals surface area contributed by atoms with Crippen molar-refractivity contribution in [2.24, 2.45) is 0 Å². The number of rotatable bonds is 17. The standard InChI is InChI=1S/C21H42O11/c1-22-10-13(25-4)16(27-6)18(14(26-5)11-23-2)32-21-20(30-9)19(29-8)17(28-7)15(31-21)12-24-3/h13-21H,10-12H2,1-9H3/t13-,14+,15?,16+,17-,18+,19-,20?,21-/m0/s1. The lowest BCUT2D eigenvalue weighted by atomic mass is 9.97.